The Morgan fingerprint density at radius 1 is 1.55 bits per heavy atom. The van der Waals surface area contributed by atoms with E-state index in [-0.39, 0.29) is 30.8 Å². The van der Waals surface area contributed by atoms with E-state index in [0.717, 1.165) is 0 Å². The Hall–Kier alpha value is -0.900. The summed E-state index contributed by atoms with van der Waals surface area (Å²) in [6.45, 7) is 2.91. The van der Waals surface area contributed by atoms with E-state index in [4.69, 9.17) is 5.11 Å². The smallest absolute Gasteiger partial charge is 0.227 e. The summed E-state index contributed by atoms with van der Waals surface area (Å²) in [5.41, 5.74) is 0. The van der Waals surface area contributed by atoms with Crippen LogP contribution >= 0.6 is 0 Å². The number of hydrogen-bond acceptors (Lipinski definition) is 3. The van der Waals surface area contributed by atoms with Crippen molar-refractivity contribution in [1.82, 2.24) is 5.32 Å². The third-order valence-corrected chi connectivity index (χ3v) is 1.09. The summed E-state index contributed by atoms with van der Waals surface area (Å²) in [5, 5.41) is 11.0. The predicted octanol–water partition coefficient (Wildman–Crippen LogP) is -0.537. The van der Waals surface area contributed by atoms with E-state index in [9.17, 15) is 9.59 Å². The van der Waals surface area contributed by atoms with Gasteiger partial charge >= 0.3 is 0 Å². The molecule has 0 aliphatic rings. The molecule has 0 aromatic heterocycles. The van der Waals surface area contributed by atoms with Gasteiger partial charge in [-0.15, -0.1) is 0 Å². The molecule has 4 heteroatoms. The fourth-order valence-electron chi connectivity index (χ4n) is 0.598. The second-order valence-electron chi connectivity index (χ2n) is 2.53. The number of ketones is 1. The van der Waals surface area contributed by atoms with Crippen LogP contribution in [-0.4, -0.2) is 29.4 Å². The van der Waals surface area contributed by atoms with Gasteiger partial charge < -0.3 is 10.4 Å². The molecule has 0 saturated heterocycles. The number of rotatable bonds is 4. The van der Waals surface area contributed by atoms with E-state index in [0.29, 0.717) is 0 Å². The molecule has 0 rings (SSSR count). The van der Waals surface area contributed by atoms with Crippen LogP contribution in [0.3, 0.4) is 0 Å². The Bertz CT molecular complexity index is 156. The summed E-state index contributed by atoms with van der Waals surface area (Å²) in [6.07, 6.45) is -0.107. The lowest BCUT2D eigenvalue weighted by Gasteiger charge is -2.08. The largest absolute Gasteiger partial charge is 0.394 e. The molecular weight excluding hydrogens is 146 g/mol. The van der Waals surface area contributed by atoms with Gasteiger partial charge in [-0.25, -0.2) is 0 Å². The zero-order chi connectivity index (χ0) is 8.85. The van der Waals surface area contributed by atoms with Crippen molar-refractivity contribution in [2.75, 3.05) is 6.61 Å². The van der Waals surface area contributed by atoms with Gasteiger partial charge in [0, 0.05) is 6.04 Å². The summed E-state index contributed by atoms with van der Waals surface area (Å²) in [5.74, 6) is -0.508. The van der Waals surface area contributed by atoms with Crippen molar-refractivity contribution in [3.05, 3.63) is 0 Å². The summed E-state index contributed by atoms with van der Waals surface area (Å²) in [7, 11) is 0. The Labute approximate surface area is 65.6 Å². The van der Waals surface area contributed by atoms with E-state index in [1.165, 1.54) is 6.92 Å². The molecule has 64 valence electrons. The molecule has 0 heterocycles. The lowest BCUT2D eigenvalue weighted by molar-refractivity contribution is -0.127. The molecule has 0 bridgehead atoms. The molecule has 1 amide bonds. The van der Waals surface area contributed by atoms with Crippen LogP contribution in [0.5, 0.6) is 0 Å². The van der Waals surface area contributed by atoms with Crippen molar-refractivity contribution in [3.8, 4) is 0 Å². The summed E-state index contributed by atoms with van der Waals surface area (Å²) >= 11 is 0. The van der Waals surface area contributed by atoms with E-state index in [2.05, 4.69) is 5.32 Å². The third kappa shape index (κ3) is 5.54. The van der Waals surface area contributed by atoms with E-state index < -0.39 is 0 Å². The molecule has 1 atom stereocenters. The molecule has 0 spiro atoms. The van der Waals surface area contributed by atoms with Crippen molar-refractivity contribution in [1.29, 1.82) is 0 Å². The number of Topliss-reactive ketones (excluding diaryl/α,β-unsaturated/α-hetero) is 1. The summed E-state index contributed by atoms with van der Waals surface area (Å²) in [4.78, 5) is 21.2. The Balaban J connectivity index is 3.60. The zero-order valence-corrected chi connectivity index (χ0v) is 6.76. The highest BCUT2D eigenvalue weighted by Gasteiger charge is 2.07. The minimum atomic E-state index is -0.334. The highest BCUT2D eigenvalue weighted by molar-refractivity contribution is 5.96. The molecule has 0 unspecified atom stereocenters. The van der Waals surface area contributed by atoms with Crippen LogP contribution < -0.4 is 5.32 Å². The van der Waals surface area contributed by atoms with Crippen LogP contribution in [-0.2, 0) is 9.59 Å². The predicted molar refractivity (Wildman–Crippen MR) is 40.0 cm³/mol. The molecule has 0 saturated carbocycles. The Morgan fingerprint density at radius 3 is 2.45 bits per heavy atom. The average molecular weight is 159 g/mol. The minimum Gasteiger partial charge on any atom is -0.394 e. The number of aliphatic hydroxyl groups is 1. The number of nitrogens with one attached hydrogen (secondary N) is 1. The second kappa shape index (κ2) is 4.85. The monoisotopic (exact) mass is 159 g/mol. The second-order valence-corrected chi connectivity index (χ2v) is 2.53. The van der Waals surface area contributed by atoms with Gasteiger partial charge in [0.1, 0.15) is 5.78 Å². The Morgan fingerprint density at radius 2 is 2.09 bits per heavy atom. The van der Waals surface area contributed by atoms with Crippen molar-refractivity contribution < 1.29 is 14.7 Å². The first-order valence-corrected chi connectivity index (χ1v) is 3.46. The normalized spacial score (nSPS) is 12.3. The van der Waals surface area contributed by atoms with Gasteiger partial charge in [-0.2, -0.15) is 0 Å². The van der Waals surface area contributed by atoms with Gasteiger partial charge in [0.15, 0.2) is 0 Å². The van der Waals surface area contributed by atoms with Crippen LogP contribution in [0.4, 0.5) is 0 Å². The van der Waals surface area contributed by atoms with Gasteiger partial charge in [0.2, 0.25) is 5.91 Å². The van der Waals surface area contributed by atoms with Gasteiger partial charge in [-0.1, -0.05) is 0 Å². The first kappa shape index (κ1) is 10.1. The van der Waals surface area contributed by atoms with Crippen molar-refractivity contribution in [2.24, 2.45) is 0 Å². The number of carbonyl (C=O) groups excluding carboxylic acids is 2. The van der Waals surface area contributed by atoms with Crippen LogP contribution in [0.25, 0.3) is 0 Å². The highest BCUT2D eigenvalue weighted by Crippen LogP contribution is 1.84. The zero-order valence-electron chi connectivity index (χ0n) is 6.76. The minimum absolute atomic E-state index is 0.107. The van der Waals surface area contributed by atoms with Gasteiger partial charge in [-0.05, 0) is 13.8 Å². The maximum Gasteiger partial charge on any atom is 0.227 e. The molecule has 2 N–H and O–H groups in total. The van der Waals surface area contributed by atoms with E-state index in [1.807, 2.05) is 0 Å². The van der Waals surface area contributed by atoms with Crippen LogP contribution in [0.15, 0.2) is 0 Å². The lowest BCUT2D eigenvalue weighted by atomic mass is 10.3. The summed E-state index contributed by atoms with van der Waals surface area (Å²) in [6, 6.07) is -0.276. The molecule has 0 aliphatic carbocycles. The molecule has 4 nitrogen and oxygen atoms in total. The first-order valence-electron chi connectivity index (χ1n) is 3.46. The maximum absolute atomic E-state index is 10.8. The van der Waals surface area contributed by atoms with Gasteiger partial charge in [0.25, 0.3) is 0 Å². The van der Waals surface area contributed by atoms with E-state index in [1.54, 1.807) is 6.92 Å². The molecule has 0 aromatic carbocycles. The molecule has 0 fully saturated rings. The molecule has 0 aliphatic heterocycles. The average Bonchev–Trinajstić information content (AvgIpc) is 1.85. The van der Waals surface area contributed by atoms with E-state index >= 15 is 0 Å². The van der Waals surface area contributed by atoms with Crippen molar-refractivity contribution >= 4 is 11.7 Å². The molecule has 11 heavy (non-hydrogen) atoms. The lowest BCUT2D eigenvalue weighted by Crippen LogP contribution is -2.35. The third-order valence-electron chi connectivity index (χ3n) is 1.09. The SMILES string of the molecule is CC(=O)CC(=O)N[C@H](C)CO. The number of amides is 1. The number of carbonyl (C=O) groups is 2. The molecule has 0 aromatic rings. The van der Waals surface area contributed by atoms with Gasteiger partial charge in [-0.3, -0.25) is 9.59 Å². The number of aliphatic hydroxyl groups excluding tert-OH is 1. The van der Waals surface area contributed by atoms with Crippen molar-refractivity contribution in [3.63, 3.8) is 0 Å². The fraction of sp³-hybridized carbons (Fsp3) is 0.714. The highest BCUT2D eigenvalue weighted by atomic mass is 16.3. The molecule has 0 radical (unpaired) electrons. The summed E-state index contributed by atoms with van der Waals surface area (Å²) < 4.78 is 0. The number of hydrogen-bond donors (Lipinski definition) is 2. The molecular formula is C7H13NO3. The quantitative estimate of drug-likeness (QED) is 0.541. The van der Waals surface area contributed by atoms with Crippen LogP contribution in [0.2, 0.25) is 0 Å². The first-order chi connectivity index (χ1) is 5.06. The van der Waals surface area contributed by atoms with Crippen LogP contribution in [0, 0.1) is 0 Å². The topological polar surface area (TPSA) is 66.4 Å². The Kier molecular flexibility index (Phi) is 4.45. The maximum atomic E-state index is 10.8. The fourth-order valence-corrected chi connectivity index (χ4v) is 0.598. The van der Waals surface area contributed by atoms with Crippen molar-refractivity contribution in [2.45, 2.75) is 26.3 Å². The van der Waals surface area contributed by atoms with Gasteiger partial charge in [0.05, 0.1) is 13.0 Å². The van der Waals surface area contributed by atoms with Crippen LogP contribution in [0.1, 0.15) is 20.3 Å². The standard InChI is InChI=1S/C7H13NO3/c1-5(4-9)8-7(11)3-6(2)10/h5,9H,3-4H2,1-2H3,(H,8,11)/t5-/m1/s1.